The van der Waals surface area contributed by atoms with Gasteiger partial charge in [-0.2, -0.15) is 0 Å². The normalized spacial score (nSPS) is 9.92. The van der Waals surface area contributed by atoms with E-state index < -0.39 is 0 Å². The van der Waals surface area contributed by atoms with Crippen molar-refractivity contribution in [3.63, 3.8) is 0 Å². The number of anilines is 2. The third-order valence-corrected chi connectivity index (χ3v) is 3.42. The molecule has 0 spiro atoms. The van der Waals surface area contributed by atoms with Gasteiger partial charge in [0.2, 0.25) is 5.91 Å². The Morgan fingerprint density at radius 1 is 0.840 bits per heavy atom. The molecule has 7 heteroatoms. The molecule has 2 amide bonds. The molecule has 0 unspecified atom stereocenters. The lowest BCUT2D eigenvalue weighted by molar-refractivity contribution is -0.114. The number of carbonyl (C=O) groups excluding carboxylic acids is 2. The number of rotatable bonds is 6. The molecule has 0 aromatic heterocycles. The molecule has 0 radical (unpaired) electrons. The summed E-state index contributed by atoms with van der Waals surface area (Å²) in [6.45, 7) is 1.41. The molecule has 0 heterocycles. The van der Waals surface area contributed by atoms with Crippen molar-refractivity contribution < 1.29 is 23.8 Å². The molecule has 0 bridgehead atoms. The van der Waals surface area contributed by atoms with Crippen LogP contribution in [-0.4, -0.2) is 33.1 Å². The van der Waals surface area contributed by atoms with Gasteiger partial charge in [-0.1, -0.05) is 0 Å². The highest BCUT2D eigenvalue weighted by molar-refractivity contribution is 6.07. The van der Waals surface area contributed by atoms with Crippen LogP contribution < -0.4 is 24.8 Å². The average molecular weight is 344 g/mol. The Morgan fingerprint density at radius 3 is 2.16 bits per heavy atom. The van der Waals surface area contributed by atoms with Gasteiger partial charge in [-0.15, -0.1) is 0 Å². The van der Waals surface area contributed by atoms with Gasteiger partial charge in [0.05, 0.1) is 32.6 Å². The van der Waals surface area contributed by atoms with Crippen molar-refractivity contribution >= 4 is 23.2 Å². The molecule has 0 aliphatic heterocycles. The van der Waals surface area contributed by atoms with Crippen molar-refractivity contribution in [2.45, 2.75) is 6.92 Å². The predicted octanol–water partition coefficient (Wildman–Crippen LogP) is 2.92. The molecule has 0 atom stereocenters. The van der Waals surface area contributed by atoms with E-state index in [4.69, 9.17) is 14.2 Å². The second-order valence-electron chi connectivity index (χ2n) is 5.12. The first-order chi connectivity index (χ1) is 12.0. The molecule has 0 saturated carbocycles. The minimum Gasteiger partial charge on any atom is -0.497 e. The van der Waals surface area contributed by atoms with E-state index in [0.717, 1.165) is 0 Å². The molecule has 2 aromatic carbocycles. The van der Waals surface area contributed by atoms with Gasteiger partial charge in [0.1, 0.15) is 17.2 Å². The lowest BCUT2D eigenvalue weighted by Crippen LogP contribution is -2.14. The van der Waals surface area contributed by atoms with Gasteiger partial charge in [-0.25, -0.2) is 0 Å². The Balaban J connectivity index is 2.32. The number of nitrogens with one attached hydrogen (secondary N) is 2. The van der Waals surface area contributed by atoms with E-state index in [2.05, 4.69) is 10.6 Å². The van der Waals surface area contributed by atoms with Crippen LogP contribution in [0.5, 0.6) is 17.2 Å². The summed E-state index contributed by atoms with van der Waals surface area (Å²) in [5, 5.41) is 5.43. The van der Waals surface area contributed by atoms with Crippen LogP contribution in [0.15, 0.2) is 36.4 Å². The Labute approximate surface area is 145 Å². The van der Waals surface area contributed by atoms with Gasteiger partial charge in [0.15, 0.2) is 0 Å². The van der Waals surface area contributed by atoms with Crippen molar-refractivity contribution in [3.05, 3.63) is 42.0 Å². The Kier molecular flexibility index (Phi) is 5.84. The van der Waals surface area contributed by atoms with Crippen molar-refractivity contribution in [2.24, 2.45) is 0 Å². The molecule has 0 aliphatic rings. The number of carbonyl (C=O) groups is 2. The minimum absolute atomic E-state index is 0.209. The Morgan fingerprint density at radius 2 is 1.56 bits per heavy atom. The maximum Gasteiger partial charge on any atom is 0.259 e. The fraction of sp³-hybridized carbons (Fsp3) is 0.222. The van der Waals surface area contributed by atoms with Crippen LogP contribution >= 0.6 is 0 Å². The summed E-state index contributed by atoms with van der Waals surface area (Å²) in [5.41, 5.74) is 1.32. The molecule has 25 heavy (non-hydrogen) atoms. The van der Waals surface area contributed by atoms with E-state index in [1.807, 2.05) is 0 Å². The summed E-state index contributed by atoms with van der Waals surface area (Å²) in [6, 6.07) is 9.86. The third-order valence-electron chi connectivity index (χ3n) is 3.42. The van der Waals surface area contributed by atoms with Gasteiger partial charge in [0, 0.05) is 18.7 Å². The van der Waals surface area contributed by atoms with E-state index in [1.165, 1.54) is 28.3 Å². The van der Waals surface area contributed by atoms with Crippen molar-refractivity contribution in [2.75, 3.05) is 32.0 Å². The molecule has 2 aromatic rings. The Hall–Kier alpha value is -3.22. The summed E-state index contributed by atoms with van der Waals surface area (Å²) in [5.74, 6) is 0.847. The average Bonchev–Trinajstić information content (AvgIpc) is 2.60. The zero-order valence-corrected chi connectivity index (χ0v) is 14.5. The highest BCUT2D eigenvalue weighted by Gasteiger charge is 2.16. The highest BCUT2D eigenvalue weighted by atomic mass is 16.5. The first kappa shape index (κ1) is 18.1. The van der Waals surface area contributed by atoms with Gasteiger partial charge in [0.25, 0.3) is 5.91 Å². The molecule has 2 N–H and O–H groups in total. The number of ether oxygens (including phenoxy) is 3. The second kappa shape index (κ2) is 8.05. The molecule has 2 rings (SSSR count). The van der Waals surface area contributed by atoms with Crippen LogP contribution in [0.1, 0.15) is 17.3 Å². The van der Waals surface area contributed by atoms with Crippen molar-refractivity contribution in [1.82, 2.24) is 0 Å². The van der Waals surface area contributed by atoms with Crippen LogP contribution in [0.3, 0.4) is 0 Å². The molecule has 7 nitrogen and oxygen atoms in total. The Bertz CT molecular complexity index is 789. The van der Waals surface area contributed by atoms with Crippen molar-refractivity contribution in [1.29, 1.82) is 0 Å². The van der Waals surface area contributed by atoms with Gasteiger partial charge < -0.3 is 24.8 Å². The molecule has 0 aliphatic carbocycles. The lowest BCUT2D eigenvalue weighted by atomic mass is 10.1. The number of methoxy groups -OCH3 is 3. The molecule has 0 fully saturated rings. The smallest absolute Gasteiger partial charge is 0.259 e. The molecule has 0 saturated heterocycles. The van der Waals surface area contributed by atoms with E-state index in [-0.39, 0.29) is 11.8 Å². The fourth-order valence-corrected chi connectivity index (χ4v) is 2.26. The predicted molar refractivity (Wildman–Crippen MR) is 94.8 cm³/mol. The van der Waals surface area contributed by atoms with Gasteiger partial charge >= 0.3 is 0 Å². The standard InChI is InChI=1S/C18H20N2O5/c1-11(21)19-12-5-8-16(24-3)15(9-12)20-18(22)14-7-6-13(23-2)10-17(14)25-4/h5-10H,1-4H3,(H,19,21)(H,20,22). The number of benzene rings is 2. The zero-order valence-electron chi connectivity index (χ0n) is 14.5. The largest absolute Gasteiger partial charge is 0.497 e. The van der Waals surface area contributed by atoms with E-state index in [9.17, 15) is 9.59 Å². The topological polar surface area (TPSA) is 85.9 Å². The number of hydrogen-bond donors (Lipinski definition) is 2. The number of hydrogen-bond acceptors (Lipinski definition) is 5. The maximum atomic E-state index is 12.6. The van der Waals surface area contributed by atoms with Crippen LogP contribution in [-0.2, 0) is 4.79 Å². The SMILES string of the molecule is COc1ccc(C(=O)Nc2cc(NC(C)=O)ccc2OC)c(OC)c1. The zero-order chi connectivity index (χ0) is 18.4. The summed E-state index contributed by atoms with van der Waals surface area (Å²) in [6.07, 6.45) is 0. The summed E-state index contributed by atoms with van der Waals surface area (Å²) < 4.78 is 15.6. The fourth-order valence-electron chi connectivity index (χ4n) is 2.26. The lowest BCUT2D eigenvalue weighted by Gasteiger charge is -2.14. The van der Waals surface area contributed by atoms with Gasteiger partial charge in [-0.3, -0.25) is 9.59 Å². The van der Waals surface area contributed by atoms with Crippen LogP contribution in [0, 0.1) is 0 Å². The maximum absolute atomic E-state index is 12.6. The second-order valence-corrected chi connectivity index (χ2v) is 5.12. The van der Waals surface area contributed by atoms with Crippen LogP contribution in [0.25, 0.3) is 0 Å². The van der Waals surface area contributed by atoms with Crippen LogP contribution in [0.4, 0.5) is 11.4 Å². The quantitative estimate of drug-likeness (QED) is 0.841. The van der Waals surface area contributed by atoms with Crippen LogP contribution in [0.2, 0.25) is 0 Å². The van der Waals surface area contributed by atoms with Crippen molar-refractivity contribution in [3.8, 4) is 17.2 Å². The molecule has 132 valence electrons. The first-order valence-corrected chi connectivity index (χ1v) is 7.47. The molecular weight excluding hydrogens is 324 g/mol. The van der Waals surface area contributed by atoms with E-state index in [1.54, 1.807) is 36.4 Å². The summed E-state index contributed by atoms with van der Waals surface area (Å²) >= 11 is 0. The minimum atomic E-state index is -0.377. The number of amides is 2. The monoisotopic (exact) mass is 344 g/mol. The first-order valence-electron chi connectivity index (χ1n) is 7.47. The van der Waals surface area contributed by atoms with E-state index in [0.29, 0.717) is 34.2 Å². The molecular formula is C18H20N2O5. The summed E-state index contributed by atoms with van der Waals surface area (Å²) in [7, 11) is 4.51. The van der Waals surface area contributed by atoms with Gasteiger partial charge in [-0.05, 0) is 30.3 Å². The summed E-state index contributed by atoms with van der Waals surface area (Å²) in [4.78, 5) is 23.8. The highest BCUT2D eigenvalue weighted by Crippen LogP contribution is 2.30. The van der Waals surface area contributed by atoms with E-state index >= 15 is 0 Å². The third kappa shape index (κ3) is 4.41.